The first kappa shape index (κ1) is 45.9. The molecular formula is C44H78O4. The number of esters is 1. The van der Waals surface area contributed by atoms with E-state index in [4.69, 9.17) is 4.74 Å². The van der Waals surface area contributed by atoms with Crippen molar-refractivity contribution in [3.8, 4) is 0 Å². The maximum absolute atomic E-state index is 12.3. The summed E-state index contributed by atoms with van der Waals surface area (Å²) < 4.78 is 5.56. The lowest BCUT2D eigenvalue weighted by Crippen LogP contribution is -2.21. The lowest BCUT2D eigenvalue weighted by atomic mass is 10.0. The van der Waals surface area contributed by atoms with E-state index in [1.165, 1.54) is 135 Å². The fourth-order valence-electron chi connectivity index (χ4n) is 6.02. The van der Waals surface area contributed by atoms with Gasteiger partial charge >= 0.3 is 11.9 Å². The number of ether oxygens (including phenoxy) is 1. The number of rotatable bonds is 37. The number of allylic oxidation sites excluding steroid dienone is 8. The Morgan fingerprint density at radius 2 is 0.833 bits per heavy atom. The predicted molar refractivity (Wildman–Crippen MR) is 209 cm³/mol. The minimum absolute atomic E-state index is 0.0953. The van der Waals surface area contributed by atoms with Gasteiger partial charge in [0.05, 0.1) is 6.42 Å². The van der Waals surface area contributed by atoms with Crippen molar-refractivity contribution in [3.63, 3.8) is 0 Å². The Hall–Kier alpha value is -2.10. The van der Waals surface area contributed by atoms with E-state index in [-0.39, 0.29) is 12.4 Å². The Kier molecular flexibility index (Phi) is 37.6. The first-order valence-electron chi connectivity index (χ1n) is 20.6. The van der Waals surface area contributed by atoms with Crippen LogP contribution in [0.3, 0.4) is 0 Å². The van der Waals surface area contributed by atoms with Crippen LogP contribution in [-0.2, 0) is 14.3 Å². The average Bonchev–Trinajstić information content (AvgIpc) is 3.06. The standard InChI is InChI=1S/C44H78O4/c1-3-5-7-9-11-13-15-17-19-21-22-24-25-27-29-31-33-35-37-39-42(41-43(45)46)48-44(47)40-38-36-34-32-30-28-26-23-20-18-16-14-12-10-8-6-4-2/h12,14,18,20,26,28,32,34,42H,3-11,13,15-17,19,21-25,27,29-31,33,35-41H2,1-2H3,(H,45,46)/b14-12-,20-18-,28-26-,34-32-. The van der Waals surface area contributed by atoms with Crippen molar-refractivity contribution in [2.45, 2.75) is 219 Å². The molecule has 0 aromatic heterocycles. The van der Waals surface area contributed by atoms with E-state index < -0.39 is 12.1 Å². The molecular weight excluding hydrogens is 592 g/mol. The van der Waals surface area contributed by atoms with Gasteiger partial charge in [0.2, 0.25) is 0 Å². The average molecular weight is 671 g/mol. The summed E-state index contributed by atoms with van der Waals surface area (Å²) in [6, 6.07) is 0. The molecule has 0 fully saturated rings. The first-order valence-corrected chi connectivity index (χ1v) is 20.6. The molecule has 0 radical (unpaired) electrons. The summed E-state index contributed by atoms with van der Waals surface area (Å²) in [5.74, 6) is -1.17. The Morgan fingerprint density at radius 3 is 1.25 bits per heavy atom. The van der Waals surface area contributed by atoms with Crippen molar-refractivity contribution < 1.29 is 19.4 Å². The van der Waals surface area contributed by atoms with Crippen LogP contribution in [-0.4, -0.2) is 23.1 Å². The second kappa shape index (κ2) is 39.3. The summed E-state index contributed by atoms with van der Waals surface area (Å²) in [7, 11) is 0. The SMILES string of the molecule is CCCCC/C=C\C/C=C\C/C=C\C/C=C\CCCC(=O)OC(CCCCCCCCCCCCCCCCCCCCC)CC(=O)O. The van der Waals surface area contributed by atoms with Crippen LogP contribution >= 0.6 is 0 Å². The highest BCUT2D eigenvalue weighted by Crippen LogP contribution is 2.17. The van der Waals surface area contributed by atoms with Gasteiger partial charge in [-0.3, -0.25) is 9.59 Å². The summed E-state index contributed by atoms with van der Waals surface area (Å²) in [5.41, 5.74) is 0. The molecule has 0 aromatic carbocycles. The van der Waals surface area contributed by atoms with Crippen LogP contribution in [0.25, 0.3) is 0 Å². The van der Waals surface area contributed by atoms with Crippen molar-refractivity contribution in [1.82, 2.24) is 0 Å². The number of carboxylic acids is 1. The van der Waals surface area contributed by atoms with Gasteiger partial charge in [0.1, 0.15) is 6.10 Å². The maximum Gasteiger partial charge on any atom is 0.307 e. The van der Waals surface area contributed by atoms with E-state index in [0.29, 0.717) is 12.8 Å². The predicted octanol–water partition coefficient (Wildman–Crippen LogP) is 14.3. The number of unbranched alkanes of at least 4 members (excludes halogenated alkanes) is 22. The van der Waals surface area contributed by atoms with Crippen LogP contribution < -0.4 is 0 Å². The number of carbonyl (C=O) groups is 2. The molecule has 1 N–H and O–H groups in total. The van der Waals surface area contributed by atoms with Gasteiger partial charge in [-0.25, -0.2) is 0 Å². The van der Waals surface area contributed by atoms with E-state index >= 15 is 0 Å². The van der Waals surface area contributed by atoms with Crippen LogP contribution in [0.5, 0.6) is 0 Å². The molecule has 0 rings (SSSR count). The van der Waals surface area contributed by atoms with Crippen LogP contribution in [0, 0.1) is 0 Å². The summed E-state index contributed by atoms with van der Waals surface area (Å²) in [4.78, 5) is 23.6. The van der Waals surface area contributed by atoms with E-state index in [0.717, 1.165) is 44.9 Å². The minimum atomic E-state index is -0.897. The topological polar surface area (TPSA) is 63.6 Å². The van der Waals surface area contributed by atoms with E-state index in [2.05, 4.69) is 62.5 Å². The van der Waals surface area contributed by atoms with Gasteiger partial charge in [0.15, 0.2) is 0 Å². The second-order valence-corrected chi connectivity index (χ2v) is 13.8. The molecule has 0 saturated heterocycles. The van der Waals surface area contributed by atoms with Crippen molar-refractivity contribution in [3.05, 3.63) is 48.6 Å². The highest BCUT2D eigenvalue weighted by molar-refractivity contribution is 5.71. The molecule has 1 atom stereocenters. The third-order valence-electron chi connectivity index (χ3n) is 9.04. The molecule has 1 unspecified atom stereocenters. The third-order valence-corrected chi connectivity index (χ3v) is 9.04. The van der Waals surface area contributed by atoms with Crippen LogP contribution in [0.2, 0.25) is 0 Å². The van der Waals surface area contributed by atoms with Crippen LogP contribution in [0.15, 0.2) is 48.6 Å². The van der Waals surface area contributed by atoms with Gasteiger partial charge in [0.25, 0.3) is 0 Å². The molecule has 4 heteroatoms. The molecule has 0 aliphatic carbocycles. The zero-order valence-electron chi connectivity index (χ0n) is 31.8. The highest BCUT2D eigenvalue weighted by atomic mass is 16.5. The summed E-state index contributed by atoms with van der Waals surface area (Å²) >= 11 is 0. The number of carboxylic acid groups (broad SMARTS) is 1. The third kappa shape index (κ3) is 38.3. The summed E-state index contributed by atoms with van der Waals surface area (Å²) in [6.07, 6.45) is 52.8. The van der Waals surface area contributed by atoms with Crippen molar-refractivity contribution in [1.29, 1.82) is 0 Å². The van der Waals surface area contributed by atoms with Crippen molar-refractivity contribution in [2.75, 3.05) is 0 Å². The molecule has 48 heavy (non-hydrogen) atoms. The Balaban J connectivity index is 3.72. The molecule has 278 valence electrons. The maximum atomic E-state index is 12.3. The van der Waals surface area contributed by atoms with Crippen LogP contribution in [0.4, 0.5) is 0 Å². The minimum Gasteiger partial charge on any atom is -0.481 e. The monoisotopic (exact) mass is 671 g/mol. The zero-order chi connectivity index (χ0) is 35.0. The Labute approximate surface area is 298 Å². The van der Waals surface area contributed by atoms with Gasteiger partial charge in [-0.2, -0.15) is 0 Å². The molecule has 0 aliphatic heterocycles. The lowest BCUT2D eigenvalue weighted by Gasteiger charge is -2.16. The number of hydrogen-bond donors (Lipinski definition) is 1. The first-order chi connectivity index (χ1) is 23.6. The van der Waals surface area contributed by atoms with E-state index in [1.807, 2.05) is 0 Å². The molecule has 4 nitrogen and oxygen atoms in total. The largest absolute Gasteiger partial charge is 0.481 e. The fourth-order valence-corrected chi connectivity index (χ4v) is 6.02. The summed E-state index contributed by atoms with van der Waals surface area (Å²) in [5, 5.41) is 9.28. The Bertz CT molecular complexity index is 809. The molecule has 0 bridgehead atoms. The number of aliphatic carboxylic acids is 1. The number of carbonyl (C=O) groups excluding carboxylic acids is 1. The van der Waals surface area contributed by atoms with Crippen molar-refractivity contribution >= 4 is 11.9 Å². The summed E-state index contributed by atoms with van der Waals surface area (Å²) in [6.45, 7) is 4.52. The van der Waals surface area contributed by atoms with E-state index in [9.17, 15) is 14.7 Å². The van der Waals surface area contributed by atoms with Crippen molar-refractivity contribution in [2.24, 2.45) is 0 Å². The molecule has 0 spiro atoms. The molecule has 0 saturated carbocycles. The van der Waals surface area contributed by atoms with Crippen LogP contribution in [0.1, 0.15) is 213 Å². The molecule has 0 amide bonds. The fraction of sp³-hybridized carbons (Fsp3) is 0.773. The normalized spacial score (nSPS) is 12.7. The van der Waals surface area contributed by atoms with E-state index in [1.54, 1.807) is 0 Å². The molecule has 0 heterocycles. The van der Waals surface area contributed by atoms with Gasteiger partial charge in [-0.15, -0.1) is 0 Å². The zero-order valence-corrected chi connectivity index (χ0v) is 31.8. The lowest BCUT2D eigenvalue weighted by molar-refractivity contribution is -0.153. The number of hydrogen-bond acceptors (Lipinski definition) is 3. The highest BCUT2D eigenvalue weighted by Gasteiger charge is 2.17. The smallest absolute Gasteiger partial charge is 0.307 e. The Morgan fingerprint density at radius 1 is 0.479 bits per heavy atom. The van der Waals surface area contributed by atoms with Gasteiger partial charge < -0.3 is 9.84 Å². The van der Waals surface area contributed by atoms with Gasteiger partial charge in [-0.1, -0.05) is 191 Å². The quantitative estimate of drug-likeness (QED) is 0.0406. The van der Waals surface area contributed by atoms with Gasteiger partial charge in [-0.05, 0) is 57.8 Å². The second-order valence-electron chi connectivity index (χ2n) is 13.8. The molecule has 0 aromatic rings. The van der Waals surface area contributed by atoms with Gasteiger partial charge in [0, 0.05) is 6.42 Å². The molecule has 0 aliphatic rings.